The third-order valence-corrected chi connectivity index (χ3v) is 3.46. The highest BCUT2D eigenvalue weighted by atomic mass is 16.3. The van der Waals surface area contributed by atoms with Gasteiger partial charge in [0.25, 0.3) is 0 Å². The summed E-state index contributed by atoms with van der Waals surface area (Å²) in [6.45, 7) is 2.20. The van der Waals surface area contributed by atoms with Crippen LogP contribution in [0.1, 0.15) is 25.3 Å². The highest BCUT2D eigenvalue weighted by Gasteiger charge is 2.14. The van der Waals surface area contributed by atoms with E-state index in [1.54, 1.807) is 17.0 Å². The average Bonchev–Trinajstić information content (AvgIpc) is 3.15. The van der Waals surface area contributed by atoms with Gasteiger partial charge in [0.15, 0.2) is 17.3 Å². The zero-order chi connectivity index (χ0) is 14.7. The van der Waals surface area contributed by atoms with Crippen molar-refractivity contribution >= 4 is 5.82 Å². The van der Waals surface area contributed by atoms with Crippen molar-refractivity contribution in [3.05, 3.63) is 48.2 Å². The van der Waals surface area contributed by atoms with E-state index in [0.29, 0.717) is 17.3 Å². The van der Waals surface area contributed by atoms with Gasteiger partial charge in [-0.3, -0.25) is 0 Å². The van der Waals surface area contributed by atoms with Crippen molar-refractivity contribution in [3.63, 3.8) is 0 Å². The van der Waals surface area contributed by atoms with E-state index in [1.165, 1.54) is 18.4 Å². The fourth-order valence-corrected chi connectivity index (χ4v) is 2.25. The van der Waals surface area contributed by atoms with Gasteiger partial charge in [0.1, 0.15) is 0 Å². The molecule has 5 heteroatoms. The number of furan rings is 1. The van der Waals surface area contributed by atoms with Crippen molar-refractivity contribution in [2.45, 2.75) is 26.2 Å². The van der Waals surface area contributed by atoms with E-state index >= 15 is 0 Å². The average molecular weight is 282 g/mol. The van der Waals surface area contributed by atoms with Crippen molar-refractivity contribution in [1.29, 1.82) is 0 Å². The number of nitrogens with zero attached hydrogens (tertiary/aromatic N) is 3. The van der Waals surface area contributed by atoms with E-state index < -0.39 is 0 Å². The van der Waals surface area contributed by atoms with Crippen molar-refractivity contribution < 1.29 is 4.42 Å². The smallest absolute Gasteiger partial charge is 0.172 e. The van der Waals surface area contributed by atoms with Gasteiger partial charge in [-0.25, -0.2) is 0 Å². The molecular weight excluding hydrogens is 264 g/mol. The summed E-state index contributed by atoms with van der Waals surface area (Å²) >= 11 is 0. The maximum absolute atomic E-state index is 6.12. The summed E-state index contributed by atoms with van der Waals surface area (Å²) in [5.74, 6) is 1.10. The van der Waals surface area contributed by atoms with Crippen LogP contribution in [0, 0.1) is 0 Å². The van der Waals surface area contributed by atoms with Crippen molar-refractivity contribution in [2.24, 2.45) is 0 Å². The lowest BCUT2D eigenvalue weighted by Crippen LogP contribution is -2.02. The molecule has 0 aliphatic carbocycles. The van der Waals surface area contributed by atoms with E-state index in [2.05, 4.69) is 29.4 Å². The minimum Gasteiger partial charge on any atom is -0.463 e. The maximum atomic E-state index is 6.12. The molecule has 5 nitrogen and oxygen atoms in total. The lowest BCUT2D eigenvalue weighted by atomic mass is 10.1. The highest BCUT2D eigenvalue weighted by Crippen LogP contribution is 2.25. The molecule has 108 valence electrons. The van der Waals surface area contributed by atoms with Crippen LogP contribution >= 0.6 is 0 Å². The van der Waals surface area contributed by atoms with Gasteiger partial charge in [0.05, 0.1) is 12.0 Å². The molecule has 3 rings (SSSR count). The molecule has 0 saturated carbocycles. The van der Waals surface area contributed by atoms with Gasteiger partial charge in [-0.05, 0) is 42.7 Å². The molecule has 0 spiro atoms. The first kappa shape index (κ1) is 13.4. The molecular formula is C16H18N4O. The Kier molecular flexibility index (Phi) is 3.73. The molecule has 0 radical (unpaired) electrons. The monoisotopic (exact) mass is 282 g/mol. The van der Waals surface area contributed by atoms with Gasteiger partial charge in [0, 0.05) is 0 Å². The van der Waals surface area contributed by atoms with E-state index in [0.717, 1.165) is 12.1 Å². The minimum atomic E-state index is 0.478. The Labute approximate surface area is 123 Å². The maximum Gasteiger partial charge on any atom is 0.172 e. The summed E-state index contributed by atoms with van der Waals surface area (Å²) in [4.78, 5) is 0. The normalized spacial score (nSPS) is 10.9. The van der Waals surface area contributed by atoms with Gasteiger partial charge in [-0.15, -0.1) is 5.10 Å². The molecule has 2 heterocycles. The van der Waals surface area contributed by atoms with Crippen LogP contribution in [0.3, 0.4) is 0 Å². The summed E-state index contributed by atoms with van der Waals surface area (Å²) in [6.07, 6.45) is 5.09. The lowest BCUT2D eigenvalue weighted by molar-refractivity contribution is 0.580. The minimum absolute atomic E-state index is 0.478. The molecule has 2 aromatic heterocycles. The zero-order valence-corrected chi connectivity index (χ0v) is 12.0. The molecule has 1 aromatic carbocycles. The topological polar surface area (TPSA) is 69.9 Å². The highest BCUT2D eigenvalue weighted by molar-refractivity contribution is 5.66. The zero-order valence-electron chi connectivity index (χ0n) is 12.0. The SMILES string of the molecule is CCCCc1ccc(-n2nnc(-c3ccco3)c2N)cc1. The molecule has 0 saturated heterocycles. The Hall–Kier alpha value is -2.56. The van der Waals surface area contributed by atoms with Crippen molar-refractivity contribution in [3.8, 4) is 17.1 Å². The van der Waals surface area contributed by atoms with Gasteiger partial charge < -0.3 is 10.2 Å². The van der Waals surface area contributed by atoms with Gasteiger partial charge in [0.2, 0.25) is 0 Å². The largest absolute Gasteiger partial charge is 0.463 e. The Balaban J connectivity index is 1.87. The second-order valence-electron chi connectivity index (χ2n) is 4.98. The van der Waals surface area contributed by atoms with E-state index in [-0.39, 0.29) is 0 Å². The van der Waals surface area contributed by atoms with Crippen LogP contribution in [0.25, 0.3) is 17.1 Å². The molecule has 0 aliphatic heterocycles. The third kappa shape index (κ3) is 2.67. The predicted molar refractivity (Wildman–Crippen MR) is 82.1 cm³/mol. The molecule has 3 aromatic rings. The van der Waals surface area contributed by atoms with Crippen molar-refractivity contribution in [1.82, 2.24) is 15.0 Å². The number of benzene rings is 1. The number of hydrogen-bond donors (Lipinski definition) is 1. The first-order chi connectivity index (χ1) is 10.3. The molecule has 0 atom stereocenters. The van der Waals surface area contributed by atoms with Crippen LogP contribution in [0.2, 0.25) is 0 Å². The number of aromatic nitrogens is 3. The predicted octanol–water partition coefficient (Wildman–Crippen LogP) is 3.45. The Bertz CT molecular complexity index is 698. The number of aryl methyl sites for hydroxylation is 1. The number of rotatable bonds is 5. The number of nitrogens with two attached hydrogens (primary N) is 1. The summed E-state index contributed by atoms with van der Waals surface area (Å²) in [5, 5.41) is 8.22. The first-order valence-corrected chi connectivity index (χ1v) is 7.14. The van der Waals surface area contributed by atoms with E-state index in [1.807, 2.05) is 18.2 Å². The number of anilines is 1. The third-order valence-electron chi connectivity index (χ3n) is 3.46. The number of hydrogen-bond acceptors (Lipinski definition) is 4. The second kappa shape index (κ2) is 5.83. The Morgan fingerprint density at radius 1 is 1.19 bits per heavy atom. The molecule has 21 heavy (non-hydrogen) atoms. The number of unbranched alkanes of at least 4 members (excludes halogenated alkanes) is 1. The summed E-state index contributed by atoms with van der Waals surface area (Å²) in [6, 6.07) is 11.9. The molecule has 2 N–H and O–H groups in total. The van der Waals surface area contributed by atoms with Crippen LogP contribution in [-0.4, -0.2) is 15.0 Å². The number of nitrogen functional groups attached to an aromatic ring is 1. The Morgan fingerprint density at radius 2 is 2.00 bits per heavy atom. The lowest BCUT2D eigenvalue weighted by Gasteiger charge is -2.05. The molecule has 0 bridgehead atoms. The van der Waals surface area contributed by atoms with Gasteiger partial charge in [-0.2, -0.15) is 4.68 Å². The molecule has 0 amide bonds. The summed E-state index contributed by atoms with van der Waals surface area (Å²) in [7, 11) is 0. The first-order valence-electron chi connectivity index (χ1n) is 7.14. The van der Waals surface area contributed by atoms with Crippen LogP contribution in [0.4, 0.5) is 5.82 Å². The summed E-state index contributed by atoms with van der Waals surface area (Å²) in [5.41, 5.74) is 8.91. The molecule has 0 aliphatic rings. The van der Waals surface area contributed by atoms with Crippen LogP contribution in [0.5, 0.6) is 0 Å². The Morgan fingerprint density at radius 3 is 2.67 bits per heavy atom. The van der Waals surface area contributed by atoms with Gasteiger partial charge in [-0.1, -0.05) is 30.7 Å². The standard InChI is InChI=1S/C16H18N4O/c1-2-3-5-12-7-9-13(10-8-12)20-16(17)15(18-19-20)14-6-4-11-21-14/h4,6-11H,2-3,5,17H2,1H3. The second-order valence-corrected chi connectivity index (χ2v) is 4.98. The molecule has 0 unspecified atom stereocenters. The van der Waals surface area contributed by atoms with Crippen LogP contribution < -0.4 is 5.73 Å². The van der Waals surface area contributed by atoms with Crippen molar-refractivity contribution in [2.75, 3.05) is 5.73 Å². The molecule has 0 fully saturated rings. The van der Waals surface area contributed by atoms with E-state index in [9.17, 15) is 0 Å². The quantitative estimate of drug-likeness (QED) is 0.778. The fraction of sp³-hybridized carbons (Fsp3) is 0.250. The van der Waals surface area contributed by atoms with Gasteiger partial charge >= 0.3 is 0 Å². The van der Waals surface area contributed by atoms with Crippen LogP contribution in [0.15, 0.2) is 47.1 Å². The van der Waals surface area contributed by atoms with Crippen LogP contribution in [-0.2, 0) is 6.42 Å². The van der Waals surface area contributed by atoms with E-state index in [4.69, 9.17) is 10.2 Å². The fourth-order valence-electron chi connectivity index (χ4n) is 2.25. The summed E-state index contributed by atoms with van der Waals surface area (Å²) < 4.78 is 6.94.